The summed E-state index contributed by atoms with van der Waals surface area (Å²) in [4.78, 5) is 21.7. The van der Waals surface area contributed by atoms with Crippen LogP contribution in [-0.2, 0) is 9.59 Å². The minimum absolute atomic E-state index is 0.0994. The molecular weight excluding hydrogens is 234 g/mol. The van der Waals surface area contributed by atoms with Gasteiger partial charge >= 0.3 is 5.97 Å². The van der Waals surface area contributed by atoms with Crippen LogP contribution >= 0.6 is 0 Å². The highest BCUT2D eigenvalue weighted by Gasteiger charge is 2.19. The average Bonchev–Trinajstić information content (AvgIpc) is 2.21. The summed E-state index contributed by atoms with van der Waals surface area (Å²) in [5.74, 6) is -0.912. The largest absolute Gasteiger partial charge is 0.491 e. The fraction of sp³-hybridized carbons (Fsp3) is 0.385. The van der Waals surface area contributed by atoms with Gasteiger partial charge in [-0.05, 0) is 37.1 Å². The van der Waals surface area contributed by atoms with Crippen molar-refractivity contribution in [2.75, 3.05) is 6.61 Å². The van der Waals surface area contributed by atoms with Gasteiger partial charge in [-0.1, -0.05) is 6.07 Å². The molecule has 0 bridgehead atoms. The maximum atomic E-state index is 10.9. The quantitative estimate of drug-likeness (QED) is 0.826. The molecule has 0 aliphatic heterocycles. The summed E-state index contributed by atoms with van der Waals surface area (Å²) in [5.41, 5.74) is 2.08. The molecule has 1 amide bonds. The average molecular weight is 251 g/mol. The lowest BCUT2D eigenvalue weighted by atomic mass is 10.1. The number of amides is 1. The third kappa shape index (κ3) is 4.45. The number of ether oxygens (including phenoxy) is 1. The normalized spacial score (nSPS) is 11.7. The molecule has 0 saturated heterocycles. The highest BCUT2D eigenvalue weighted by atomic mass is 16.5. The van der Waals surface area contributed by atoms with Crippen LogP contribution in [0, 0.1) is 13.8 Å². The smallest absolute Gasteiger partial charge is 0.329 e. The van der Waals surface area contributed by atoms with Crippen LogP contribution in [0.2, 0.25) is 0 Å². The van der Waals surface area contributed by atoms with Crippen LogP contribution in [0.15, 0.2) is 18.2 Å². The Balaban J connectivity index is 2.66. The summed E-state index contributed by atoms with van der Waals surface area (Å²) in [5, 5.41) is 11.2. The lowest BCUT2D eigenvalue weighted by molar-refractivity contribution is -0.142. The van der Waals surface area contributed by atoms with E-state index in [1.165, 1.54) is 6.92 Å². The summed E-state index contributed by atoms with van der Waals surface area (Å²) in [6.07, 6.45) is 0. The second-order valence-electron chi connectivity index (χ2n) is 4.23. The van der Waals surface area contributed by atoms with E-state index in [9.17, 15) is 9.59 Å². The van der Waals surface area contributed by atoms with Crippen LogP contribution in [0.25, 0.3) is 0 Å². The number of aryl methyl sites for hydroxylation is 2. The van der Waals surface area contributed by atoms with E-state index in [2.05, 4.69) is 5.32 Å². The minimum atomic E-state index is -1.12. The van der Waals surface area contributed by atoms with Gasteiger partial charge in [0.1, 0.15) is 12.4 Å². The Kier molecular flexibility index (Phi) is 4.71. The Morgan fingerprint density at radius 1 is 1.28 bits per heavy atom. The van der Waals surface area contributed by atoms with E-state index in [0.717, 1.165) is 11.1 Å². The number of hydrogen-bond acceptors (Lipinski definition) is 3. The molecule has 0 spiro atoms. The lowest BCUT2D eigenvalue weighted by Crippen LogP contribution is -2.43. The van der Waals surface area contributed by atoms with Gasteiger partial charge in [0.25, 0.3) is 0 Å². The molecule has 0 radical (unpaired) electrons. The van der Waals surface area contributed by atoms with Crippen LogP contribution in [0.5, 0.6) is 5.75 Å². The van der Waals surface area contributed by atoms with Crippen molar-refractivity contribution < 1.29 is 19.4 Å². The van der Waals surface area contributed by atoms with E-state index in [4.69, 9.17) is 9.84 Å². The first kappa shape index (κ1) is 14.0. The molecule has 98 valence electrons. The van der Waals surface area contributed by atoms with Crippen molar-refractivity contribution in [3.05, 3.63) is 29.3 Å². The number of carboxylic acids is 1. The van der Waals surface area contributed by atoms with Crippen molar-refractivity contribution in [3.8, 4) is 5.75 Å². The summed E-state index contributed by atoms with van der Waals surface area (Å²) >= 11 is 0. The van der Waals surface area contributed by atoms with E-state index < -0.39 is 17.9 Å². The van der Waals surface area contributed by atoms with Gasteiger partial charge in [-0.2, -0.15) is 0 Å². The van der Waals surface area contributed by atoms with Crippen molar-refractivity contribution in [2.24, 2.45) is 0 Å². The maximum absolute atomic E-state index is 10.9. The first-order chi connectivity index (χ1) is 8.38. The van der Waals surface area contributed by atoms with Gasteiger partial charge in [0.2, 0.25) is 5.91 Å². The Hall–Kier alpha value is -2.04. The van der Waals surface area contributed by atoms with Crippen LogP contribution in [-0.4, -0.2) is 29.6 Å². The number of carbonyl (C=O) groups excluding carboxylic acids is 1. The molecular formula is C13H17NO4. The predicted molar refractivity (Wildman–Crippen MR) is 66.7 cm³/mol. The van der Waals surface area contributed by atoms with Crippen molar-refractivity contribution in [1.29, 1.82) is 0 Å². The lowest BCUT2D eigenvalue weighted by Gasteiger charge is -2.15. The minimum Gasteiger partial charge on any atom is -0.491 e. The zero-order valence-electron chi connectivity index (χ0n) is 10.7. The van der Waals surface area contributed by atoms with Crippen molar-refractivity contribution >= 4 is 11.9 Å². The first-order valence-electron chi connectivity index (χ1n) is 5.59. The number of hydrogen-bond donors (Lipinski definition) is 2. The van der Waals surface area contributed by atoms with Gasteiger partial charge in [-0.15, -0.1) is 0 Å². The summed E-state index contributed by atoms with van der Waals surface area (Å²) < 4.78 is 5.40. The number of benzene rings is 1. The molecule has 0 aliphatic carbocycles. The molecule has 0 saturated carbocycles. The second kappa shape index (κ2) is 6.05. The van der Waals surface area contributed by atoms with Crippen LogP contribution in [0.1, 0.15) is 18.1 Å². The van der Waals surface area contributed by atoms with Gasteiger partial charge in [0, 0.05) is 6.92 Å². The fourth-order valence-corrected chi connectivity index (χ4v) is 1.62. The molecule has 0 fully saturated rings. The zero-order chi connectivity index (χ0) is 13.7. The standard InChI is InChI=1S/C13H17NO4/c1-8-4-9(2)6-11(5-8)18-7-12(13(16)17)14-10(3)15/h4-6,12H,7H2,1-3H3,(H,14,15)(H,16,17). The zero-order valence-corrected chi connectivity index (χ0v) is 10.7. The van der Waals surface area contributed by atoms with E-state index in [1.807, 2.05) is 32.0 Å². The number of carbonyl (C=O) groups is 2. The molecule has 0 aromatic heterocycles. The third-order valence-electron chi connectivity index (χ3n) is 2.29. The first-order valence-corrected chi connectivity index (χ1v) is 5.59. The molecule has 5 heteroatoms. The molecule has 5 nitrogen and oxygen atoms in total. The second-order valence-corrected chi connectivity index (χ2v) is 4.23. The van der Waals surface area contributed by atoms with Gasteiger partial charge < -0.3 is 15.2 Å². The Bertz CT molecular complexity index is 436. The van der Waals surface area contributed by atoms with Gasteiger partial charge in [0.05, 0.1) is 0 Å². The predicted octanol–water partition coefficient (Wildman–Crippen LogP) is 1.27. The number of nitrogens with one attached hydrogen (secondary N) is 1. The third-order valence-corrected chi connectivity index (χ3v) is 2.29. The maximum Gasteiger partial charge on any atom is 0.329 e. The molecule has 18 heavy (non-hydrogen) atoms. The molecule has 1 aromatic carbocycles. The van der Waals surface area contributed by atoms with E-state index >= 15 is 0 Å². The molecule has 1 unspecified atom stereocenters. The monoisotopic (exact) mass is 251 g/mol. The van der Waals surface area contributed by atoms with Gasteiger partial charge in [-0.25, -0.2) is 4.79 Å². The molecule has 1 rings (SSSR count). The van der Waals surface area contributed by atoms with E-state index in [0.29, 0.717) is 5.75 Å². The van der Waals surface area contributed by atoms with Crippen LogP contribution in [0.3, 0.4) is 0 Å². The molecule has 0 heterocycles. The summed E-state index contributed by atoms with van der Waals surface area (Å²) in [6.45, 7) is 5.04. The summed E-state index contributed by atoms with van der Waals surface area (Å²) in [7, 11) is 0. The fourth-order valence-electron chi connectivity index (χ4n) is 1.62. The van der Waals surface area contributed by atoms with E-state index in [-0.39, 0.29) is 6.61 Å². The number of rotatable bonds is 5. The Morgan fingerprint density at radius 3 is 2.28 bits per heavy atom. The molecule has 1 aromatic rings. The highest BCUT2D eigenvalue weighted by molar-refractivity contribution is 5.82. The summed E-state index contributed by atoms with van der Waals surface area (Å²) in [6, 6.07) is 4.60. The SMILES string of the molecule is CC(=O)NC(COc1cc(C)cc(C)c1)C(=O)O. The van der Waals surface area contributed by atoms with Crippen LogP contribution < -0.4 is 10.1 Å². The topological polar surface area (TPSA) is 75.6 Å². The van der Waals surface area contributed by atoms with Gasteiger partial charge in [-0.3, -0.25) is 4.79 Å². The Labute approximate surface area is 106 Å². The number of aliphatic carboxylic acids is 1. The Morgan fingerprint density at radius 2 is 1.83 bits per heavy atom. The molecule has 1 atom stereocenters. The highest BCUT2D eigenvalue weighted by Crippen LogP contribution is 2.16. The van der Waals surface area contributed by atoms with Crippen LogP contribution in [0.4, 0.5) is 0 Å². The molecule has 0 aliphatic rings. The van der Waals surface area contributed by atoms with Crippen molar-refractivity contribution in [3.63, 3.8) is 0 Å². The molecule has 2 N–H and O–H groups in total. The van der Waals surface area contributed by atoms with Crippen molar-refractivity contribution in [2.45, 2.75) is 26.8 Å². The number of carboxylic acid groups (broad SMARTS) is 1. The van der Waals surface area contributed by atoms with E-state index in [1.54, 1.807) is 0 Å². The van der Waals surface area contributed by atoms with Gasteiger partial charge in [0.15, 0.2) is 6.04 Å². The van der Waals surface area contributed by atoms with Crippen molar-refractivity contribution in [1.82, 2.24) is 5.32 Å².